The zero-order chi connectivity index (χ0) is 14.4. The van der Waals surface area contributed by atoms with Gasteiger partial charge in [0.1, 0.15) is 0 Å². The first kappa shape index (κ1) is 13.2. The van der Waals surface area contributed by atoms with Crippen molar-refractivity contribution in [2.75, 3.05) is 0 Å². The molecule has 0 spiro atoms. The average molecular weight is 277 g/mol. The van der Waals surface area contributed by atoms with Crippen LogP contribution in [0.4, 0.5) is 13.2 Å². The molecule has 2 N–H and O–H groups in total. The van der Waals surface area contributed by atoms with Crippen LogP contribution in [-0.2, 0) is 24.6 Å². The molecule has 2 aromatic carbocycles. The molecule has 104 valence electrons. The van der Waals surface area contributed by atoms with Crippen molar-refractivity contribution < 1.29 is 13.2 Å². The molecule has 0 aliphatic heterocycles. The maximum Gasteiger partial charge on any atom is 0.416 e. The minimum Gasteiger partial charge on any atom is -0.321 e. The molecule has 4 heteroatoms. The van der Waals surface area contributed by atoms with Gasteiger partial charge in [-0.15, -0.1) is 0 Å². The van der Waals surface area contributed by atoms with E-state index >= 15 is 0 Å². The van der Waals surface area contributed by atoms with Gasteiger partial charge >= 0.3 is 6.18 Å². The van der Waals surface area contributed by atoms with Crippen LogP contribution >= 0.6 is 0 Å². The normalized spacial score (nSPS) is 17.0. The number of halogens is 3. The molecular weight excluding hydrogens is 263 g/mol. The van der Waals surface area contributed by atoms with Crippen LogP contribution in [0, 0.1) is 0 Å². The Morgan fingerprint density at radius 1 is 0.850 bits per heavy atom. The third-order valence-corrected chi connectivity index (χ3v) is 3.92. The van der Waals surface area contributed by atoms with Gasteiger partial charge in [-0.05, 0) is 41.7 Å². The van der Waals surface area contributed by atoms with Gasteiger partial charge < -0.3 is 5.73 Å². The highest BCUT2D eigenvalue weighted by Gasteiger charge is 2.36. The highest BCUT2D eigenvalue weighted by Crippen LogP contribution is 2.37. The lowest BCUT2D eigenvalue weighted by molar-refractivity contribution is -0.137. The van der Waals surface area contributed by atoms with E-state index in [1.165, 1.54) is 23.3 Å². The number of nitrogens with two attached hydrogens (primary N) is 1. The van der Waals surface area contributed by atoms with Gasteiger partial charge in [-0.3, -0.25) is 0 Å². The summed E-state index contributed by atoms with van der Waals surface area (Å²) in [6.07, 6.45) is -2.98. The SMILES string of the molecule is NC1(c2ccc(C(F)(F)F)cc2)Cc2ccccc2C1. The van der Waals surface area contributed by atoms with Crippen LogP contribution in [0.5, 0.6) is 0 Å². The summed E-state index contributed by atoms with van der Waals surface area (Å²) >= 11 is 0. The Morgan fingerprint density at radius 2 is 1.35 bits per heavy atom. The summed E-state index contributed by atoms with van der Waals surface area (Å²) < 4.78 is 37.7. The molecule has 0 atom stereocenters. The van der Waals surface area contributed by atoms with Crippen molar-refractivity contribution >= 4 is 0 Å². The minimum absolute atomic E-state index is 0.603. The Kier molecular flexibility index (Phi) is 2.87. The van der Waals surface area contributed by atoms with Crippen molar-refractivity contribution in [3.63, 3.8) is 0 Å². The van der Waals surface area contributed by atoms with Gasteiger partial charge in [0.2, 0.25) is 0 Å². The van der Waals surface area contributed by atoms with E-state index in [0.29, 0.717) is 12.8 Å². The Balaban J connectivity index is 1.91. The number of fused-ring (bicyclic) bond motifs is 1. The number of hydrogen-bond acceptors (Lipinski definition) is 1. The first-order valence-electron chi connectivity index (χ1n) is 6.42. The van der Waals surface area contributed by atoms with E-state index < -0.39 is 17.3 Å². The van der Waals surface area contributed by atoms with Gasteiger partial charge in [0, 0.05) is 5.54 Å². The predicted octanol–water partition coefficient (Wildman–Crippen LogP) is 3.66. The van der Waals surface area contributed by atoms with E-state index in [1.54, 1.807) is 0 Å². The minimum atomic E-state index is -4.31. The smallest absolute Gasteiger partial charge is 0.321 e. The van der Waals surface area contributed by atoms with Crippen LogP contribution < -0.4 is 5.73 Å². The maximum atomic E-state index is 12.6. The average Bonchev–Trinajstić information content (AvgIpc) is 2.75. The van der Waals surface area contributed by atoms with Crippen molar-refractivity contribution in [2.24, 2.45) is 5.73 Å². The topological polar surface area (TPSA) is 26.0 Å². The number of hydrogen-bond donors (Lipinski definition) is 1. The van der Waals surface area contributed by atoms with E-state index in [1.807, 2.05) is 24.3 Å². The van der Waals surface area contributed by atoms with Crippen LogP contribution in [0.3, 0.4) is 0 Å². The Labute approximate surface area is 115 Å². The molecule has 2 aromatic rings. The molecule has 1 aliphatic carbocycles. The second kappa shape index (κ2) is 4.35. The van der Waals surface area contributed by atoms with E-state index in [2.05, 4.69) is 0 Å². The quantitative estimate of drug-likeness (QED) is 0.846. The summed E-state index contributed by atoms with van der Waals surface area (Å²) in [6, 6.07) is 13.2. The molecule has 0 aromatic heterocycles. The van der Waals surface area contributed by atoms with E-state index in [4.69, 9.17) is 5.73 Å². The molecule has 0 amide bonds. The summed E-state index contributed by atoms with van der Waals surface area (Å²) in [6.45, 7) is 0. The maximum absolute atomic E-state index is 12.6. The third kappa shape index (κ3) is 2.20. The molecule has 0 unspecified atom stereocenters. The fourth-order valence-electron chi connectivity index (χ4n) is 2.84. The standard InChI is InChI=1S/C16H14F3N/c17-16(18,19)14-7-5-13(6-8-14)15(20)9-11-3-1-2-4-12(11)10-15/h1-8H,9-10,20H2. The van der Waals surface area contributed by atoms with Gasteiger partial charge in [0.05, 0.1) is 5.56 Å². The number of benzene rings is 2. The monoisotopic (exact) mass is 277 g/mol. The molecule has 0 bridgehead atoms. The van der Waals surface area contributed by atoms with Crippen molar-refractivity contribution in [3.8, 4) is 0 Å². The summed E-state index contributed by atoms with van der Waals surface area (Å²) in [4.78, 5) is 0. The molecule has 0 fully saturated rings. The lowest BCUT2D eigenvalue weighted by Crippen LogP contribution is -2.37. The highest BCUT2D eigenvalue weighted by atomic mass is 19.4. The molecule has 0 radical (unpaired) electrons. The first-order chi connectivity index (χ1) is 9.38. The van der Waals surface area contributed by atoms with Crippen LogP contribution in [0.1, 0.15) is 22.3 Å². The second-order valence-electron chi connectivity index (χ2n) is 5.35. The fourth-order valence-corrected chi connectivity index (χ4v) is 2.84. The Bertz CT molecular complexity index is 604. The third-order valence-electron chi connectivity index (χ3n) is 3.92. The first-order valence-corrected chi connectivity index (χ1v) is 6.42. The van der Waals surface area contributed by atoms with Gasteiger partial charge in [-0.25, -0.2) is 0 Å². The van der Waals surface area contributed by atoms with Crippen LogP contribution in [-0.4, -0.2) is 0 Å². The summed E-state index contributed by atoms with van der Waals surface area (Å²) in [7, 11) is 0. The molecule has 1 aliphatic rings. The molecule has 1 nitrogen and oxygen atoms in total. The lowest BCUT2D eigenvalue weighted by atomic mass is 9.87. The largest absolute Gasteiger partial charge is 0.416 e. The lowest BCUT2D eigenvalue weighted by Gasteiger charge is -2.24. The Morgan fingerprint density at radius 3 is 1.80 bits per heavy atom. The summed E-state index contributed by atoms with van der Waals surface area (Å²) in [5.41, 5.74) is 8.27. The predicted molar refractivity (Wildman–Crippen MR) is 71.2 cm³/mol. The molecule has 0 saturated heterocycles. The van der Waals surface area contributed by atoms with Crippen LogP contribution in [0.25, 0.3) is 0 Å². The zero-order valence-corrected chi connectivity index (χ0v) is 10.7. The van der Waals surface area contributed by atoms with Crippen LogP contribution in [0.15, 0.2) is 48.5 Å². The molecule has 20 heavy (non-hydrogen) atoms. The van der Waals surface area contributed by atoms with Gasteiger partial charge in [0.15, 0.2) is 0 Å². The van der Waals surface area contributed by atoms with Crippen LogP contribution in [0.2, 0.25) is 0 Å². The number of alkyl halides is 3. The van der Waals surface area contributed by atoms with E-state index in [0.717, 1.165) is 17.7 Å². The fraction of sp³-hybridized carbons (Fsp3) is 0.250. The van der Waals surface area contributed by atoms with Crippen molar-refractivity contribution in [1.29, 1.82) is 0 Å². The van der Waals surface area contributed by atoms with Crippen molar-refractivity contribution in [2.45, 2.75) is 24.6 Å². The Hall–Kier alpha value is -1.81. The zero-order valence-electron chi connectivity index (χ0n) is 10.7. The molecule has 3 rings (SSSR count). The summed E-state index contributed by atoms with van der Waals surface area (Å²) in [5, 5.41) is 0. The van der Waals surface area contributed by atoms with Gasteiger partial charge in [-0.2, -0.15) is 13.2 Å². The molecular formula is C16H14F3N. The van der Waals surface area contributed by atoms with Crippen molar-refractivity contribution in [3.05, 3.63) is 70.8 Å². The summed E-state index contributed by atoms with van der Waals surface area (Å²) in [5.74, 6) is 0. The van der Waals surface area contributed by atoms with E-state index in [9.17, 15) is 13.2 Å². The van der Waals surface area contributed by atoms with E-state index in [-0.39, 0.29) is 0 Å². The number of rotatable bonds is 1. The van der Waals surface area contributed by atoms with Crippen molar-refractivity contribution in [1.82, 2.24) is 0 Å². The van der Waals surface area contributed by atoms with Gasteiger partial charge in [0.25, 0.3) is 0 Å². The molecule has 0 heterocycles. The molecule has 0 saturated carbocycles. The van der Waals surface area contributed by atoms with Gasteiger partial charge in [-0.1, -0.05) is 36.4 Å². The second-order valence-corrected chi connectivity index (χ2v) is 5.35. The highest BCUT2D eigenvalue weighted by molar-refractivity contribution is 5.41.